The van der Waals surface area contributed by atoms with Crippen molar-refractivity contribution in [3.8, 4) is 11.5 Å². The second kappa shape index (κ2) is 5.59. The molecule has 0 aliphatic heterocycles. The van der Waals surface area contributed by atoms with E-state index in [0.29, 0.717) is 5.56 Å². The Hall–Kier alpha value is -1.44. The summed E-state index contributed by atoms with van der Waals surface area (Å²) in [6.07, 6.45) is 4.77. The third-order valence-electron chi connectivity index (χ3n) is 2.51. The molecule has 16 heavy (non-hydrogen) atoms. The van der Waals surface area contributed by atoms with Crippen molar-refractivity contribution in [2.24, 2.45) is 0 Å². The lowest BCUT2D eigenvalue weighted by Gasteiger charge is -2.08. The van der Waals surface area contributed by atoms with Gasteiger partial charge in [-0.25, -0.2) is 0 Å². The predicted octanol–water partition coefficient (Wildman–Crippen LogP) is 3.86. The van der Waals surface area contributed by atoms with E-state index < -0.39 is 0 Å². The van der Waals surface area contributed by atoms with E-state index in [9.17, 15) is 10.2 Å². The minimum absolute atomic E-state index is 0.00481. The molecule has 1 rings (SSSR count). The maximum atomic E-state index is 9.84. The largest absolute Gasteiger partial charge is 0.504 e. The van der Waals surface area contributed by atoms with Gasteiger partial charge in [-0.2, -0.15) is 0 Å². The number of aryl methyl sites for hydroxylation is 1. The number of rotatable bonds is 4. The van der Waals surface area contributed by atoms with Crippen LogP contribution < -0.4 is 0 Å². The Balaban J connectivity index is 3.03. The van der Waals surface area contributed by atoms with Gasteiger partial charge < -0.3 is 10.2 Å². The fourth-order valence-corrected chi connectivity index (χ4v) is 1.63. The Morgan fingerprint density at radius 1 is 1.19 bits per heavy atom. The smallest absolute Gasteiger partial charge is 0.165 e. The lowest BCUT2D eigenvalue weighted by Crippen LogP contribution is -1.88. The molecule has 2 nitrogen and oxygen atoms in total. The Labute approximate surface area is 97.2 Å². The van der Waals surface area contributed by atoms with Crippen LogP contribution in [-0.2, 0) is 6.42 Å². The van der Waals surface area contributed by atoms with Gasteiger partial charge in [0, 0.05) is 5.56 Å². The highest BCUT2D eigenvalue weighted by Crippen LogP contribution is 2.34. The van der Waals surface area contributed by atoms with Crippen LogP contribution >= 0.6 is 0 Å². The number of allylic oxidation sites excluding steroid dienone is 1. The van der Waals surface area contributed by atoms with E-state index in [1.54, 1.807) is 0 Å². The van der Waals surface area contributed by atoms with Crippen molar-refractivity contribution in [3.05, 3.63) is 28.8 Å². The zero-order valence-corrected chi connectivity index (χ0v) is 10.2. The van der Waals surface area contributed by atoms with Crippen molar-refractivity contribution in [2.75, 3.05) is 0 Å². The molecule has 88 valence electrons. The van der Waals surface area contributed by atoms with Crippen LogP contribution in [0.3, 0.4) is 0 Å². The van der Waals surface area contributed by atoms with Crippen LogP contribution in [0.2, 0.25) is 0 Å². The van der Waals surface area contributed by atoms with Crippen molar-refractivity contribution < 1.29 is 10.2 Å². The van der Waals surface area contributed by atoms with Crippen molar-refractivity contribution in [2.45, 2.75) is 40.0 Å². The van der Waals surface area contributed by atoms with Crippen LogP contribution in [0.5, 0.6) is 11.5 Å². The zero-order chi connectivity index (χ0) is 12.1. The average Bonchev–Trinajstić information content (AvgIpc) is 2.23. The Bertz CT molecular complexity index is 388. The molecule has 0 amide bonds. The first-order chi connectivity index (χ1) is 7.56. The van der Waals surface area contributed by atoms with E-state index in [-0.39, 0.29) is 11.5 Å². The standard InChI is InChI=1S/C14H20O2/c1-4-5-6-11-7-8-12(9-10(2)3)14(16)13(11)15/h7-9,15-16H,4-6H2,1-3H3. The number of unbranched alkanes of at least 4 members (excludes halogenated alkanes) is 1. The van der Waals surface area contributed by atoms with Crippen LogP contribution in [0.15, 0.2) is 17.7 Å². The second-order valence-electron chi connectivity index (χ2n) is 4.34. The molecule has 2 heteroatoms. The predicted molar refractivity (Wildman–Crippen MR) is 67.7 cm³/mol. The molecule has 0 saturated carbocycles. The molecule has 0 spiro atoms. The van der Waals surface area contributed by atoms with E-state index in [1.165, 1.54) is 0 Å². The number of hydrogen-bond donors (Lipinski definition) is 2. The molecule has 0 bridgehead atoms. The van der Waals surface area contributed by atoms with Gasteiger partial charge >= 0.3 is 0 Å². The number of phenols is 2. The van der Waals surface area contributed by atoms with Crippen molar-refractivity contribution in [1.82, 2.24) is 0 Å². The van der Waals surface area contributed by atoms with E-state index in [1.807, 2.05) is 32.1 Å². The molecule has 0 atom stereocenters. The molecule has 0 aliphatic carbocycles. The van der Waals surface area contributed by atoms with Gasteiger partial charge in [0.2, 0.25) is 0 Å². The molecular formula is C14H20O2. The van der Waals surface area contributed by atoms with Crippen LogP contribution in [0.1, 0.15) is 44.7 Å². The highest BCUT2D eigenvalue weighted by Gasteiger charge is 2.09. The summed E-state index contributed by atoms with van der Waals surface area (Å²) in [6.45, 7) is 6.03. The summed E-state index contributed by atoms with van der Waals surface area (Å²) in [5.41, 5.74) is 2.60. The van der Waals surface area contributed by atoms with Gasteiger partial charge in [0.1, 0.15) is 0 Å². The summed E-state index contributed by atoms with van der Waals surface area (Å²) in [6, 6.07) is 3.74. The molecule has 0 radical (unpaired) electrons. The first-order valence-corrected chi connectivity index (χ1v) is 5.75. The third kappa shape index (κ3) is 3.02. The molecule has 0 fully saturated rings. The minimum atomic E-state index is -0.00481. The van der Waals surface area contributed by atoms with Crippen LogP contribution in [0, 0.1) is 0 Å². The highest BCUT2D eigenvalue weighted by molar-refractivity contribution is 5.64. The quantitative estimate of drug-likeness (QED) is 0.756. The molecule has 2 N–H and O–H groups in total. The van der Waals surface area contributed by atoms with E-state index in [0.717, 1.165) is 30.4 Å². The fourth-order valence-electron chi connectivity index (χ4n) is 1.63. The maximum Gasteiger partial charge on any atom is 0.165 e. The van der Waals surface area contributed by atoms with Gasteiger partial charge in [0.05, 0.1) is 0 Å². The van der Waals surface area contributed by atoms with Crippen molar-refractivity contribution >= 4 is 6.08 Å². The van der Waals surface area contributed by atoms with Gasteiger partial charge in [-0.15, -0.1) is 0 Å². The number of aromatic hydroxyl groups is 2. The van der Waals surface area contributed by atoms with Gasteiger partial charge in [-0.3, -0.25) is 0 Å². The Morgan fingerprint density at radius 3 is 2.44 bits per heavy atom. The molecular weight excluding hydrogens is 200 g/mol. The lowest BCUT2D eigenvalue weighted by molar-refractivity contribution is 0.398. The fraction of sp³-hybridized carbons (Fsp3) is 0.429. The average molecular weight is 220 g/mol. The first kappa shape index (κ1) is 12.6. The maximum absolute atomic E-state index is 9.84. The minimum Gasteiger partial charge on any atom is -0.504 e. The van der Waals surface area contributed by atoms with Crippen LogP contribution in [0.25, 0.3) is 6.08 Å². The molecule has 1 aromatic rings. The van der Waals surface area contributed by atoms with E-state index in [2.05, 4.69) is 6.92 Å². The third-order valence-corrected chi connectivity index (χ3v) is 2.51. The Kier molecular flexibility index (Phi) is 4.41. The van der Waals surface area contributed by atoms with E-state index in [4.69, 9.17) is 0 Å². The SMILES string of the molecule is CCCCc1ccc(C=C(C)C)c(O)c1O. The molecule has 0 unspecified atom stereocenters. The van der Waals surface area contributed by atoms with Gasteiger partial charge in [-0.1, -0.05) is 37.1 Å². The topological polar surface area (TPSA) is 40.5 Å². The van der Waals surface area contributed by atoms with Gasteiger partial charge in [0.15, 0.2) is 11.5 Å². The Morgan fingerprint density at radius 2 is 1.88 bits per heavy atom. The summed E-state index contributed by atoms with van der Waals surface area (Å²) in [5.74, 6) is 0.0262. The highest BCUT2D eigenvalue weighted by atomic mass is 16.3. The molecule has 0 aliphatic rings. The molecule has 1 aromatic carbocycles. The normalized spacial score (nSPS) is 10.2. The monoisotopic (exact) mass is 220 g/mol. The van der Waals surface area contributed by atoms with Gasteiger partial charge in [0.25, 0.3) is 0 Å². The second-order valence-corrected chi connectivity index (χ2v) is 4.34. The number of hydrogen-bond acceptors (Lipinski definition) is 2. The zero-order valence-electron chi connectivity index (χ0n) is 10.2. The lowest BCUT2D eigenvalue weighted by atomic mass is 10.0. The molecule has 0 heterocycles. The first-order valence-electron chi connectivity index (χ1n) is 5.75. The van der Waals surface area contributed by atoms with E-state index >= 15 is 0 Å². The number of phenolic OH excluding ortho intramolecular Hbond substituents is 2. The molecule has 0 aromatic heterocycles. The van der Waals surface area contributed by atoms with Crippen molar-refractivity contribution in [1.29, 1.82) is 0 Å². The molecule has 0 saturated heterocycles. The number of benzene rings is 1. The van der Waals surface area contributed by atoms with Crippen LogP contribution in [0.4, 0.5) is 0 Å². The van der Waals surface area contributed by atoms with Crippen LogP contribution in [-0.4, -0.2) is 10.2 Å². The van der Waals surface area contributed by atoms with Crippen molar-refractivity contribution in [3.63, 3.8) is 0 Å². The summed E-state index contributed by atoms with van der Waals surface area (Å²) in [4.78, 5) is 0. The summed E-state index contributed by atoms with van der Waals surface area (Å²) in [7, 11) is 0. The summed E-state index contributed by atoms with van der Waals surface area (Å²) < 4.78 is 0. The summed E-state index contributed by atoms with van der Waals surface area (Å²) in [5, 5.41) is 19.7. The summed E-state index contributed by atoms with van der Waals surface area (Å²) >= 11 is 0. The van der Waals surface area contributed by atoms with Gasteiger partial charge in [-0.05, 0) is 32.3 Å².